The number of non-ortho nitro benzene ring substituents is 1. The maximum atomic E-state index is 13.6. The number of nitrogens with one attached hydrogen (secondary N) is 1. The van der Waals surface area contributed by atoms with Crippen LogP contribution in [0, 0.1) is 10.1 Å². The van der Waals surface area contributed by atoms with E-state index in [0.717, 1.165) is 72.8 Å². The number of hydrogen-bond donors (Lipinski definition) is 9. The quantitative estimate of drug-likeness (QED) is 0.00800. The van der Waals surface area contributed by atoms with Gasteiger partial charge in [0.25, 0.3) is 35.9 Å². The Hall–Kier alpha value is -10.2. The van der Waals surface area contributed by atoms with Gasteiger partial charge in [0, 0.05) is 17.8 Å². The molecule has 0 heterocycles. The minimum atomic E-state index is -5.33. The minimum absolute atomic E-state index is 0.0119. The Morgan fingerprint density at radius 1 is 0.432 bits per heavy atom. The van der Waals surface area contributed by atoms with E-state index in [1.807, 2.05) is 0 Å². The molecule has 0 saturated heterocycles. The number of phenols is 1. The Kier molecular flexibility index (Phi) is 20.7. The molecule has 0 aliphatic carbocycles. The zero-order chi connectivity index (χ0) is 69.6. The lowest BCUT2D eigenvalue weighted by atomic mass is 10.1. The summed E-state index contributed by atoms with van der Waals surface area (Å²) in [7, 11) is -33.1. The molecule has 0 aliphatic rings. The number of sulfonamides is 1. The fourth-order valence-corrected chi connectivity index (χ4v) is 13.3. The fourth-order valence-electron chi connectivity index (χ4n) is 7.91. The van der Waals surface area contributed by atoms with Gasteiger partial charge in [-0.2, -0.15) is 59.2 Å². The third-order valence-electron chi connectivity index (χ3n) is 12.4. The van der Waals surface area contributed by atoms with Crippen LogP contribution in [-0.2, 0) is 79.1 Å². The van der Waals surface area contributed by atoms with E-state index in [-0.39, 0.29) is 82.9 Å². The number of nitro groups is 1. The number of nitrogen functional groups attached to an aromatic ring is 3. The summed E-state index contributed by atoms with van der Waals surface area (Å²) in [5.74, 6) is -2.76. The topological polar surface area (TPSA) is 615 Å². The first kappa shape index (κ1) is 70.7. The molecule has 0 saturated carbocycles. The maximum Gasteiger partial charge on any atom is 0.397 e. The van der Waals surface area contributed by atoms with Gasteiger partial charge in [-0.15, -0.1) is 25.6 Å². The molecule has 45 heteroatoms. The van der Waals surface area contributed by atoms with Crippen molar-refractivity contribution in [2.75, 3.05) is 46.6 Å². The number of benzene rings is 8. The summed E-state index contributed by atoms with van der Waals surface area (Å²) in [4.78, 5) is 7.28. The van der Waals surface area contributed by atoms with E-state index in [1.54, 1.807) is 0 Å². The lowest BCUT2D eigenvalue weighted by molar-refractivity contribution is -0.384. The maximum absolute atomic E-state index is 13.6. The monoisotopic (exact) mass is 1450 g/mol. The van der Waals surface area contributed by atoms with Crippen molar-refractivity contribution in [3.63, 3.8) is 0 Å². The first-order valence-corrected chi connectivity index (χ1v) is 35.9. The molecule has 0 unspecified atom stereocenters. The van der Waals surface area contributed by atoms with Crippen LogP contribution in [0.5, 0.6) is 5.75 Å². The average molecular weight is 1450 g/mol. The molecule has 38 nitrogen and oxygen atoms in total. The number of sulfone groups is 2. The molecule has 0 atom stereocenters. The van der Waals surface area contributed by atoms with Crippen molar-refractivity contribution in [2.24, 2.45) is 51.1 Å². The molecule has 0 amide bonds. The largest absolute Gasteiger partial charge is 0.505 e. The van der Waals surface area contributed by atoms with E-state index in [9.17, 15) is 83.3 Å². The number of phenolic OH excluding ortho intramolecular Hbond substituents is 1. The summed E-state index contributed by atoms with van der Waals surface area (Å²) in [6.07, 6.45) is 0. The van der Waals surface area contributed by atoms with Crippen LogP contribution in [0.2, 0.25) is 0 Å². The predicted octanol–water partition coefficient (Wildman–Crippen LogP) is 9.76. The van der Waals surface area contributed by atoms with Gasteiger partial charge in [-0.3, -0.25) is 33.0 Å². The van der Waals surface area contributed by atoms with Crippen LogP contribution >= 0.6 is 0 Å². The summed E-state index contributed by atoms with van der Waals surface area (Å²) in [5.41, 5.74) is 15.2. The molecule has 95 heavy (non-hydrogen) atoms. The third kappa shape index (κ3) is 18.2. The molecule has 498 valence electrons. The smallest absolute Gasteiger partial charge is 0.397 e. The van der Waals surface area contributed by atoms with Crippen molar-refractivity contribution in [1.82, 2.24) is 0 Å². The first-order valence-electron chi connectivity index (χ1n) is 25.5. The van der Waals surface area contributed by atoms with Gasteiger partial charge in [-0.1, -0.05) is 0 Å². The van der Waals surface area contributed by atoms with Crippen LogP contribution in [0.4, 0.5) is 85.3 Å². The van der Waals surface area contributed by atoms with Gasteiger partial charge < -0.3 is 22.3 Å². The van der Waals surface area contributed by atoms with Gasteiger partial charge in [0.2, 0.25) is 0 Å². The summed E-state index contributed by atoms with van der Waals surface area (Å²) in [6, 6.07) is 25.8. The average Bonchev–Trinajstić information content (AvgIpc) is 0.741. The van der Waals surface area contributed by atoms with Gasteiger partial charge >= 0.3 is 20.8 Å². The molecule has 8 aromatic rings. The lowest BCUT2D eigenvalue weighted by Gasteiger charge is -2.14. The van der Waals surface area contributed by atoms with Gasteiger partial charge in [0.05, 0.1) is 95.2 Å². The van der Waals surface area contributed by atoms with E-state index in [4.69, 9.17) is 26.3 Å². The Morgan fingerprint density at radius 2 is 0.779 bits per heavy atom. The second-order valence-electron chi connectivity index (χ2n) is 18.9. The predicted molar refractivity (Wildman–Crippen MR) is 335 cm³/mol. The van der Waals surface area contributed by atoms with E-state index >= 15 is 0 Å². The number of aromatic hydroxyl groups is 1. The molecule has 8 aromatic carbocycles. The molecular weight excluding hydrogens is 1400 g/mol. The van der Waals surface area contributed by atoms with Crippen molar-refractivity contribution in [2.45, 2.75) is 24.5 Å². The standard InChI is InChI=1S/C50H43N15O23S7/c51-44-39(27-40(60-55-31-7-15-36(16-8-31)89(69,70)23-21-87-94(81,82)83)45(52)49(44)63-58-32-9-17-37(18-10-32)90(71,72)24-22-88-95(84,85)86)59-54-29-1-3-34(4-2-29)64-91(73,74)38-19-11-33(12-20-38)57-62-48-42(93(78,79)80)26-28-25-41(92(75,76)77)47(46(53)43(28)50(48)66)61-56-30-5-13-35(14-6-30)65(67)68/h1-20,25-27,64,66H,21-24,51-53H2,(H,75,76,77)(H,78,79,80)(H,81,82,83)(H,84,85,86). The van der Waals surface area contributed by atoms with Crippen LogP contribution in [-0.4, -0.2) is 112 Å². The highest BCUT2D eigenvalue weighted by atomic mass is 32.3. The van der Waals surface area contributed by atoms with Gasteiger partial charge in [-0.05, 0) is 133 Å². The molecule has 0 aromatic heterocycles. The Labute approximate surface area is 536 Å². The summed E-state index contributed by atoms with van der Waals surface area (Å²) in [6.45, 7) is -1.77. The second-order valence-corrected chi connectivity index (χ2v) is 29.8. The van der Waals surface area contributed by atoms with Crippen molar-refractivity contribution in [3.8, 4) is 5.75 Å². The molecule has 0 spiro atoms. The Balaban J connectivity index is 1.03. The molecule has 0 radical (unpaired) electrons. The van der Waals surface area contributed by atoms with E-state index < -0.39 is 144 Å². The lowest BCUT2D eigenvalue weighted by Crippen LogP contribution is -2.15. The van der Waals surface area contributed by atoms with Crippen LogP contribution in [0.1, 0.15) is 0 Å². The minimum Gasteiger partial charge on any atom is -0.505 e. The molecule has 12 N–H and O–H groups in total. The number of nitrogens with two attached hydrogens (primary N) is 3. The van der Waals surface area contributed by atoms with Crippen molar-refractivity contribution < 1.29 is 95.5 Å². The van der Waals surface area contributed by atoms with Crippen LogP contribution in [0.3, 0.4) is 0 Å². The van der Waals surface area contributed by atoms with Gasteiger partial charge in [0.1, 0.15) is 38.2 Å². The number of rotatable bonds is 26. The van der Waals surface area contributed by atoms with Crippen molar-refractivity contribution in [1.29, 1.82) is 0 Å². The van der Waals surface area contributed by atoms with Gasteiger partial charge in [0.15, 0.2) is 25.4 Å². The molecule has 0 aliphatic heterocycles. The van der Waals surface area contributed by atoms with Crippen molar-refractivity contribution >= 4 is 167 Å². The number of fused-ring (bicyclic) bond motifs is 1. The van der Waals surface area contributed by atoms with Gasteiger partial charge in [-0.25, -0.2) is 33.6 Å². The SMILES string of the molecule is Nc1c(N=Nc2ccc(NS(=O)(=O)c3ccc(N=Nc4c(S(=O)(=O)O)cc5cc(S(=O)(=O)O)c(N=Nc6ccc([N+](=O)[O-])cc6)c(N)c5c4O)cc3)cc2)cc(N=Nc2ccc(S(=O)(=O)CCOS(=O)(=O)O)cc2)c(N)c1N=Nc1ccc(S(=O)(=O)CCOS(=O)(=O)O)cc1. The number of nitrogens with zero attached hydrogens (tertiary/aromatic N) is 11. The molecule has 0 bridgehead atoms. The fraction of sp³-hybridized carbons (Fsp3) is 0.0800. The third-order valence-corrected chi connectivity index (χ3v) is 19.9. The van der Waals surface area contributed by atoms with Crippen LogP contribution in [0.25, 0.3) is 10.8 Å². The number of nitro benzene ring substituents is 1. The zero-order valence-electron chi connectivity index (χ0n) is 47.2. The van der Waals surface area contributed by atoms with E-state index in [1.165, 1.54) is 54.6 Å². The number of hydrogen-bond acceptors (Lipinski definition) is 32. The Morgan fingerprint density at radius 3 is 1.17 bits per heavy atom. The normalized spacial score (nSPS) is 13.1. The molecule has 0 fully saturated rings. The first-order chi connectivity index (χ1) is 44.3. The highest BCUT2D eigenvalue weighted by molar-refractivity contribution is 7.93. The summed E-state index contributed by atoms with van der Waals surface area (Å²) >= 11 is 0. The highest BCUT2D eigenvalue weighted by Crippen LogP contribution is 2.49. The van der Waals surface area contributed by atoms with Crippen LogP contribution < -0.4 is 21.9 Å². The summed E-state index contributed by atoms with van der Waals surface area (Å²) in [5, 5.41) is 61.5. The molecule has 8 rings (SSSR count). The summed E-state index contributed by atoms with van der Waals surface area (Å²) < 4.78 is 220. The Bertz CT molecular complexity index is 5370. The van der Waals surface area contributed by atoms with E-state index in [0.29, 0.717) is 12.1 Å². The highest BCUT2D eigenvalue weighted by Gasteiger charge is 2.29. The number of azo groups is 5. The number of anilines is 4. The zero-order valence-corrected chi connectivity index (χ0v) is 52.9. The molecular formula is C50H43N15O23S7. The van der Waals surface area contributed by atoms with Crippen molar-refractivity contribution in [3.05, 3.63) is 150 Å². The second kappa shape index (κ2) is 27.8. The van der Waals surface area contributed by atoms with E-state index in [2.05, 4.69) is 64.2 Å². The van der Waals surface area contributed by atoms with Crippen LogP contribution in [0.15, 0.2) is 215 Å².